The molecule has 3 aromatic rings. The van der Waals surface area contributed by atoms with E-state index in [2.05, 4.69) is 10.2 Å². The van der Waals surface area contributed by atoms with Gasteiger partial charge in [0.1, 0.15) is 12.4 Å². The number of ether oxygens (including phenoxy) is 1. The summed E-state index contributed by atoms with van der Waals surface area (Å²) in [5.41, 5.74) is 9.76. The van der Waals surface area contributed by atoms with Crippen molar-refractivity contribution < 1.29 is 9.53 Å². The van der Waals surface area contributed by atoms with Crippen LogP contribution in [-0.4, -0.2) is 26.1 Å². The Labute approximate surface area is 156 Å². The van der Waals surface area contributed by atoms with E-state index in [4.69, 9.17) is 10.5 Å². The third-order valence-electron chi connectivity index (χ3n) is 4.42. The van der Waals surface area contributed by atoms with Crippen LogP contribution in [-0.2, 0) is 0 Å². The van der Waals surface area contributed by atoms with Crippen molar-refractivity contribution in [2.75, 3.05) is 36.1 Å². The highest BCUT2D eigenvalue weighted by atomic mass is 32.1. The predicted octanol–water partition coefficient (Wildman–Crippen LogP) is 4.08. The lowest BCUT2D eigenvalue weighted by Gasteiger charge is -2.27. The molecule has 132 valence electrons. The third kappa shape index (κ3) is 3.11. The molecule has 0 bridgehead atoms. The van der Waals surface area contributed by atoms with Gasteiger partial charge >= 0.3 is 0 Å². The zero-order chi connectivity index (χ0) is 18.1. The number of thiophene rings is 1. The summed E-state index contributed by atoms with van der Waals surface area (Å²) in [4.78, 5) is 15.9. The Morgan fingerprint density at radius 1 is 1.23 bits per heavy atom. The molecule has 2 aromatic carbocycles. The van der Waals surface area contributed by atoms with Crippen LogP contribution in [0.25, 0.3) is 10.4 Å². The normalized spacial score (nSPS) is 13.0. The number of rotatable bonds is 3. The molecule has 1 aliphatic heterocycles. The van der Waals surface area contributed by atoms with E-state index in [0.29, 0.717) is 23.5 Å². The van der Waals surface area contributed by atoms with Gasteiger partial charge in [-0.25, -0.2) is 0 Å². The molecular weight excluding hydrogens is 346 g/mol. The first-order chi connectivity index (χ1) is 12.6. The van der Waals surface area contributed by atoms with Crippen LogP contribution >= 0.6 is 11.3 Å². The highest BCUT2D eigenvalue weighted by molar-refractivity contribution is 7.13. The highest BCUT2D eigenvalue weighted by Crippen LogP contribution is 2.33. The van der Waals surface area contributed by atoms with E-state index in [1.807, 2.05) is 48.8 Å². The van der Waals surface area contributed by atoms with Gasteiger partial charge in [0.05, 0.1) is 23.6 Å². The minimum absolute atomic E-state index is 0.209. The fourth-order valence-corrected chi connectivity index (χ4v) is 3.68. The molecule has 5 nitrogen and oxygen atoms in total. The molecule has 0 atom stereocenters. The van der Waals surface area contributed by atoms with Crippen LogP contribution in [0.5, 0.6) is 5.75 Å². The molecule has 26 heavy (non-hydrogen) atoms. The van der Waals surface area contributed by atoms with E-state index >= 15 is 0 Å². The molecule has 1 aromatic heterocycles. The number of benzene rings is 2. The largest absolute Gasteiger partial charge is 0.490 e. The van der Waals surface area contributed by atoms with Crippen LogP contribution < -0.4 is 20.7 Å². The molecule has 0 saturated heterocycles. The molecule has 4 rings (SSSR count). The summed E-state index contributed by atoms with van der Waals surface area (Å²) in [6.45, 7) is 1.45. The van der Waals surface area contributed by atoms with Gasteiger partial charge in [0.15, 0.2) is 0 Å². The van der Waals surface area contributed by atoms with Gasteiger partial charge in [-0.2, -0.15) is 0 Å². The molecule has 1 amide bonds. The Morgan fingerprint density at radius 3 is 2.92 bits per heavy atom. The van der Waals surface area contributed by atoms with Gasteiger partial charge in [-0.1, -0.05) is 12.1 Å². The molecule has 0 unspecified atom stereocenters. The highest BCUT2D eigenvalue weighted by Gasteiger charge is 2.18. The number of nitrogens with one attached hydrogen (secondary N) is 1. The Kier molecular flexibility index (Phi) is 4.26. The van der Waals surface area contributed by atoms with Crippen molar-refractivity contribution in [2.45, 2.75) is 0 Å². The van der Waals surface area contributed by atoms with E-state index in [9.17, 15) is 4.79 Å². The van der Waals surface area contributed by atoms with E-state index in [0.717, 1.165) is 28.4 Å². The number of nitrogen functional groups attached to an aromatic ring is 1. The minimum Gasteiger partial charge on any atom is -0.490 e. The summed E-state index contributed by atoms with van der Waals surface area (Å²) >= 11 is 1.65. The monoisotopic (exact) mass is 365 g/mol. The van der Waals surface area contributed by atoms with Gasteiger partial charge in [0, 0.05) is 17.5 Å². The summed E-state index contributed by atoms with van der Waals surface area (Å²) in [5, 5.41) is 4.94. The van der Waals surface area contributed by atoms with Crippen LogP contribution in [0.3, 0.4) is 0 Å². The van der Waals surface area contributed by atoms with Crippen molar-refractivity contribution in [1.29, 1.82) is 0 Å². The second-order valence-corrected chi connectivity index (χ2v) is 7.13. The van der Waals surface area contributed by atoms with Gasteiger partial charge in [0.2, 0.25) is 0 Å². The fourth-order valence-electron chi connectivity index (χ4n) is 2.95. The summed E-state index contributed by atoms with van der Waals surface area (Å²) in [5.74, 6) is 0.520. The maximum Gasteiger partial charge on any atom is 0.255 e. The Bertz CT molecular complexity index is 954. The van der Waals surface area contributed by atoms with Crippen molar-refractivity contribution in [2.24, 2.45) is 0 Å². The first-order valence-electron chi connectivity index (χ1n) is 8.34. The van der Waals surface area contributed by atoms with Crippen molar-refractivity contribution in [3.63, 3.8) is 0 Å². The predicted molar refractivity (Wildman–Crippen MR) is 107 cm³/mol. The second-order valence-electron chi connectivity index (χ2n) is 6.19. The van der Waals surface area contributed by atoms with Crippen LogP contribution in [0, 0.1) is 0 Å². The molecule has 0 radical (unpaired) electrons. The van der Waals surface area contributed by atoms with Gasteiger partial charge in [-0.05, 0) is 47.3 Å². The maximum absolute atomic E-state index is 12.7. The van der Waals surface area contributed by atoms with E-state index < -0.39 is 0 Å². The lowest BCUT2D eigenvalue weighted by molar-refractivity contribution is 0.102. The van der Waals surface area contributed by atoms with Gasteiger partial charge in [0.25, 0.3) is 5.91 Å². The van der Waals surface area contributed by atoms with E-state index in [1.165, 1.54) is 0 Å². The van der Waals surface area contributed by atoms with Gasteiger partial charge in [-0.15, -0.1) is 11.3 Å². The number of carbonyl (C=O) groups excluding carboxylic acids is 1. The first-order valence-corrected chi connectivity index (χ1v) is 9.22. The maximum atomic E-state index is 12.7. The van der Waals surface area contributed by atoms with Crippen molar-refractivity contribution >= 4 is 34.3 Å². The fraction of sp³-hybridized carbons (Fsp3) is 0.150. The van der Waals surface area contributed by atoms with Crippen LogP contribution in [0.4, 0.5) is 17.1 Å². The molecular formula is C20H19N3O2S. The number of amides is 1. The summed E-state index contributed by atoms with van der Waals surface area (Å²) < 4.78 is 5.68. The van der Waals surface area contributed by atoms with Crippen molar-refractivity contribution in [3.8, 4) is 16.2 Å². The topological polar surface area (TPSA) is 67.6 Å². The zero-order valence-electron chi connectivity index (χ0n) is 14.4. The lowest BCUT2D eigenvalue weighted by Crippen LogP contribution is -2.29. The molecule has 0 saturated carbocycles. The molecule has 2 heterocycles. The Morgan fingerprint density at radius 2 is 2.12 bits per heavy atom. The van der Waals surface area contributed by atoms with Crippen LogP contribution in [0.2, 0.25) is 0 Å². The lowest BCUT2D eigenvalue weighted by atomic mass is 10.1. The zero-order valence-corrected chi connectivity index (χ0v) is 15.2. The summed E-state index contributed by atoms with van der Waals surface area (Å²) in [6, 6.07) is 15.2. The van der Waals surface area contributed by atoms with E-state index in [1.54, 1.807) is 23.5 Å². The third-order valence-corrected chi connectivity index (χ3v) is 5.34. The van der Waals surface area contributed by atoms with Crippen molar-refractivity contribution in [1.82, 2.24) is 0 Å². The Hall–Kier alpha value is -2.99. The molecule has 1 aliphatic rings. The average Bonchev–Trinajstić information content (AvgIpc) is 3.18. The molecule has 0 aliphatic carbocycles. The number of fused-ring (bicyclic) bond motifs is 1. The number of likely N-dealkylation sites (N-methyl/N-ethyl adjacent to an activating group) is 1. The quantitative estimate of drug-likeness (QED) is 0.687. The number of hydrogen-bond donors (Lipinski definition) is 2. The van der Waals surface area contributed by atoms with Gasteiger partial charge < -0.3 is 20.7 Å². The van der Waals surface area contributed by atoms with E-state index in [-0.39, 0.29) is 5.91 Å². The molecule has 6 heteroatoms. The SMILES string of the molecule is CN1CCOc2cc(C(=O)Nc3cc(-c4cccs4)ccc3N)ccc21. The number of nitrogens with zero attached hydrogens (tertiary/aromatic N) is 1. The van der Waals surface area contributed by atoms with Crippen LogP contribution in [0.15, 0.2) is 53.9 Å². The molecule has 3 N–H and O–H groups in total. The number of nitrogens with two attached hydrogens (primary N) is 1. The number of hydrogen-bond acceptors (Lipinski definition) is 5. The molecule has 0 spiro atoms. The number of carbonyl (C=O) groups is 1. The van der Waals surface area contributed by atoms with Gasteiger partial charge in [-0.3, -0.25) is 4.79 Å². The Balaban J connectivity index is 1.60. The first kappa shape index (κ1) is 16.5. The van der Waals surface area contributed by atoms with Crippen molar-refractivity contribution in [3.05, 3.63) is 59.5 Å². The summed E-state index contributed by atoms with van der Waals surface area (Å²) in [6.07, 6.45) is 0. The molecule has 0 fully saturated rings. The average molecular weight is 365 g/mol. The smallest absolute Gasteiger partial charge is 0.255 e. The second kappa shape index (κ2) is 6.72. The summed E-state index contributed by atoms with van der Waals surface area (Å²) in [7, 11) is 2.01. The number of anilines is 3. The van der Waals surface area contributed by atoms with Crippen LogP contribution in [0.1, 0.15) is 10.4 Å². The standard InChI is InChI=1S/C20H19N3O2S/c1-23-8-9-25-18-12-14(5-7-17(18)23)20(24)22-16-11-13(4-6-15(16)21)19-3-2-10-26-19/h2-7,10-12H,8-9,21H2,1H3,(H,22,24). The minimum atomic E-state index is -0.209.